The molecule has 2 rings (SSSR count). The van der Waals surface area contributed by atoms with E-state index < -0.39 is 0 Å². The van der Waals surface area contributed by atoms with Gasteiger partial charge in [-0.3, -0.25) is 4.90 Å². The second kappa shape index (κ2) is 3.49. The van der Waals surface area contributed by atoms with Gasteiger partial charge in [-0.1, -0.05) is 6.92 Å². The number of hydrogen-bond donors (Lipinski definition) is 0. The van der Waals surface area contributed by atoms with Gasteiger partial charge in [0.15, 0.2) is 0 Å². The van der Waals surface area contributed by atoms with Crippen molar-refractivity contribution < 1.29 is 0 Å². The molecule has 0 aliphatic carbocycles. The fraction of sp³-hybridized carbons (Fsp3) is 1.00. The maximum Gasteiger partial charge on any atom is 0.0150 e. The molecule has 0 spiro atoms. The van der Waals surface area contributed by atoms with Crippen LogP contribution in [0.1, 0.15) is 27.2 Å². The maximum atomic E-state index is 2.70. The topological polar surface area (TPSA) is 6.48 Å². The highest BCUT2D eigenvalue weighted by atomic mass is 15.3. The minimum Gasteiger partial charge on any atom is -0.306 e. The molecule has 2 saturated heterocycles. The van der Waals surface area contributed by atoms with Crippen molar-refractivity contribution in [2.75, 3.05) is 33.2 Å². The Balaban J connectivity index is 1.97. The van der Waals surface area contributed by atoms with E-state index in [0.29, 0.717) is 5.54 Å². The van der Waals surface area contributed by atoms with E-state index in [-0.39, 0.29) is 0 Å². The first-order chi connectivity index (χ1) is 6.53. The van der Waals surface area contributed by atoms with E-state index in [1.807, 2.05) is 0 Å². The van der Waals surface area contributed by atoms with Crippen molar-refractivity contribution >= 4 is 0 Å². The van der Waals surface area contributed by atoms with E-state index in [1.165, 1.54) is 32.6 Å². The van der Waals surface area contributed by atoms with Crippen LogP contribution in [0.5, 0.6) is 0 Å². The van der Waals surface area contributed by atoms with Gasteiger partial charge in [-0.25, -0.2) is 0 Å². The first-order valence-electron chi connectivity index (χ1n) is 5.96. The normalized spacial score (nSPS) is 35.1. The highest BCUT2D eigenvalue weighted by Gasteiger charge is 2.42. The molecule has 0 bridgehead atoms. The molecule has 2 fully saturated rings. The van der Waals surface area contributed by atoms with Gasteiger partial charge in [0.25, 0.3) is 0 Å². The monoisotopic (exact) mass is 196 g/mol. The Hall–Kier alpha value is -0.0800. The molecule has 2 aliphatic rings. The molecule has 2 heteroatoms. The number of rotatable bonds is 2. The Morgan fingerprint density at radius 3 is 2.00 bits per heavy atom. The molecular formula is C12H24N2. The van der Waals surface area contributed by atoms with Crippen molar-refractivity contribution in [3.63, 3.8) is 0 Å². The molecule has 2 heterocycles. The fourth-order valence-electron chi connectivity index (χ4n) is 2.95. The quantitative estimate of drug-likeness (QED) is 0.663. The Bertz CT molecular complexity index is 198. The largest absolute Gasteiger partial charge is 0.306 e. The predicted molar refractivity (Wildman–Crippen MR) is 60.4 cm³/mol. The molecule has 0 radical (unpaired) electrons. The van der Waals surface area contributed by atoms with Gasteiger partial charge in [0, 0.05) is 31.7 Å². The van der Waals surface area contributed by atoms with Crippen LogP contribution >= 0.6 is 0 Å². The minimum atomic E-state index is 0.420. The van der Waals surface area contributed by atoms with E-state index >= 15 is 0 Å². The molecule has 14 heavy (non-hydrogen) atoms. The van der Waals surface area contributed by atoms with Gasteiger partial charge in [-0.2, -0.15) is 0 Å². The number of nitrogens with zero attached hydrogens (tertiary/aromatic N) is 2. The third-order valence-electron chi connectivity index (χ3n) is 4.39. The van der Waals surface area contributed by atoms with Crippen molar-refractivity contribution in [1.82, 2.24) is 9.80 Å². The average molecular weight is 196 g/mol. The highest BCUT2D eigenvalue weighted by Crippen LogP contribution is 2.34. The van der Waals surface area contributed by atoms with Crippen molar-refractivity contribution in [3.05, 3.63) is 0 Å². The summed E-state index contributed by atoms with van der Waals surface area (Å²) in [5, 5.41) is 0. The van der Waals surface area contributed by atoms with Crippen LogP contribution < -0.4 is 0 Å². The van der Waals surface area contributed by atoms with Gasteiger partial charge in [0.2, 0.25) is 0 Å². The summed E-state index contributed by atoms with van der Waals surface area (Å²) in [5.41, 5.74) is 0.420. The van der Waals surface area contributed by atoms with Gasteiger partial charge < -0.3 is 4.90 Å². The van der Waals surface area contributed by atoms with Crippen LogP contribution in [-0.4, -0.2) is 48.6 Å². The lowest BCUT2D eigenvalue weighted by Crippen LogP contribution is -2.43. The van der Waals surface area contributed by atoms with Gasteiger partial charge in [-0.15, -0.1) is 0 Å². The van der Waals surface area contributed by atoms with Gasteiger partial charge in [0.05, 0.1) is 0 Å². The molecule has 2 nitrogen and oxygen atoms in total. The SMILES string of the molecule is CCC(C)(C)N1CC2CN(C)CC2C1. The van der Waals surface area contributed by atoms with Gasteiger partial charge in [0.1, 0.15) is 0 Å². The zero-order valence-corrected chi connectivity index (χ0v) is 10.1. The molecule has 0 aromatic carbocycles. The molecule has 2 aliphatic heterocycles. The fourth-order valence-corrected chi connectivity index (χ4v) is 2.95. The summed E-state index contributed by atoms with van der Waals surface area (Å²) < 4.78 is 0. The van der Waals surface area contributed by atoms with Crippen LogP contribution in [0.2, 0.25) is 0 Å². The lowest BCUT2D eigenvalue weighted by atomic mass is 10.00. The van der Waals surface area contributed by atoms with Crippen molar-refractivity contribution in [2.24, 2.45) is 11.8 Å². The summed E-state index contributed by atoms with van der Waals surface area (Å²) in [4.78, 5) is 5.20. The lowest BCUT2D eigenvalue weighted by molar-refractivity contribution is 0.131. The smallest absolute Gasteiger partial charge is 0.0150 e. The second-order valence-electron chi connectivity index (χ2n) is 5.81. The van der Waals surface area contributed by atoms with Crippen LogP contribution in [0.4, 0.5) is 0 Å². The predicted octanol–water partition coefficient (Wildman–Crippen LogP) is 1.67. The Morgan fingerprint density at radius 2 is 1.57 bits per heavy atom. The molecule has 0 aromatic rings. The van der Waals surface area contributed by atoms with Crippen LogP contribution in [0.3, 0.4) is 0 Å². The summed E-state index contributed by atoms with van der Waals surface area (Å²) in [7, 11) is 2.26. The van der Waals surface area contributed by atoms with Crippen LogP contribution in [-0.2, 0) is 0 Å². The Labute approximate surface area is 88.3 Å². The zero-order valence-electron chi connectivity index (χ0n) is 10.1. The van der Waals surface area contributed by atoms with Crippen molar-refractivity contribution in [2.45, 2.75) is 32.7 Å². The van der Waals surface area contributed by atoms with Crippen LogP contribution in [0, 0.1) is 11.8 Å². The third-order valence-corrected chi connectivity index (χ3v) is 4.39. The van der Waals surface area contributed by atoms with E-state index in [1.54, 1.807) is 0 Å². The maximum absolute atomic E-state index is 2.70. The van der Waals surface area contributed by atoms with E-state index in [2.05, 4.69) is 37.6 Å². The van der Waals surface area contributed by atoms with Crippen LogP contribution in [0.25, 0.3) is 0 Å². The Kier molecular flexibility index (Phi) is 2.61. The van der Waals surface area contributed by atoms with Crippen molar-refractivity contribution in [3.8, 4) is 0 Å². The lowest BCUT2D eigenvalue weighted by Gasteiger charge is -2.35. The molecule has 0 amide bonds. The number of hydrogen-bond acceptors (Lipinski definition) is 2. The summed E-state index contributed by atoms with van der Waals surface area (Å²) in [6, 6.07) is 0. The average Bonchev–Trinajstić information content (AvgIpc) is 2.61. The molecule has 82 valence electrons. The molecule has 0 saturated carbocycles. The van der Waals surface area contributed by atoms with Gasteiger partial charge >= 0.3 is 0 Å². The molecule has 0 aromatic heterocycles. The number of fused-ring (bicyclic) bond motifs is 1. The molecule has 0 N–H and O–H groups in total. The molecular weight excluding hydrogens is 172 g/mol. The first-order valence-corrected chi connectivity index (χ1v) is 5.96. The third kappa shape index (κ3) is 1.70. The van der Waals surface area contributed by atoms with Crippen LogP contribution in [0.15, 0.2) is 0 Å². The van der Waals surface area contributed by atoms with E-state index in [0.717, 1.165) is 11.8 Å². The minimum absolute atomic E-state index is 0.420. The summed E-state index contributed by atoms with van der Waals surface area (Å²) in [5.74, 6) is 1.90. The highest BCUT2D eigenvalue weighted by molar-refractivity contribution is 4.96. The van der Waals surface area contributed by atoms with Gasteiger partial charge in [-0.05, 0) is 39.2 Å². The summed E-state index contributed by atoms with van der Waals surface area (Å²) >= 11 is 0. The number of likely N-dealkylation sites (tertiary alicyclic amines) is 2. The Morgan fingerprint density at radius 1 is 1.07 bits per heavy atom. The second-order valence-corrected chi connectivity index (χ2v) is 5.81. The molecule has 2 atom stereocenters. The van der Waals surface area contributed by atoms with E-state index in [4.69, 9.17) is 0 Å². The van der Waals surface area contributed by atoms with Crippen molar-refractivity contribution in [1.29, 1.82) is 0 Å². The first kappa shape index (κ1) is 10.4. The summed E-state index contributed by atoms with van der Waals surface area (Å²) in [6.07, 6.45) is 1.27. The summed E-state index contributed by atoms with van der Waals surface area (Å²) in [6.45, 7) is 12.4. The van der Waals surface area contributed by atoms with E-state index in [9.17, 15) is 0 Å². The molecule has 2 unspecified atom stereocenters. The standard InChI is InChI=1S/C12H24N2/c1-5-12(2,3)14-8-10-6-13(4)7-11(10)9-14/h10-11H,5-9H2,1-4H3. The zero-order chi connectivity index (χ0) is 10.3.